The van der Waals surface area contributed by atoms with Crippen molar-refractivity contribution in [3.8, 4) is 0 Å². The van der Waals surface area contributed by atoms with Crippen LogP contribution in [0.3, 0.4) is 0 Å². The molecular formula is C23H31FN2O3S. The summed E-state index contributed by atoms with van der Waals surface area (Å²) in [6.07, 6.45) is 5.52. The van der Waals surface area contributed by atoms with Crippen molar-refractivity contribution in [3.63, 3.8) is 0 Å². The second-order valence-corrected chi connectivity index (χ2v) is 9.48. The van der Waals surface area contributed by atoms with Crippen LogP contribution in [0.5, 0.6) is 0 Å². The lowest BCUT2D eigenvalue weighted by atomic mass is 9.99. The van der Waals surface area contributed by atoms with Crippen LogP contribution < -0.4 is 9.62 Å². The van der Waals surface area contributed by atoms with E-state index in [0.29, 0.717) is 23.6 Å². The molecule has 0 saturated heterocycles. The molecule has 0 spiro atoms. The lowest BCUT2D eigenvalue weighted by Gasteiger charge is -2.22. The Bertz CT molecular complexity index is 930. The molecule has 0 fully saturated rings. The molecule has 164 valence electrons. The van der Waals surface area contributed by atoms with E-state index >= 15 is 0 Å². The van der Waals surface area contributed by atoms with Crippen LogP contribution in [0.15, 0.2) is 48.5 Å². The summed E-state index contributed by atoms with van der Waals surface area (Å²) >= 11 is 0. The summed E-state index contributed by atoms with van der Waals surface area (Å²) in [7, 11) is -3.60. The van der Waals surface area contributed by atoms with Gasteiger partial charge in [0.2, 0.25) is 10.0 Å². The van der Waals surface area contributed by atoms with E-state index in [-0.39, 0.29) is 18.1 Å². The monoisotopic (exact) mass is 434 g/mol. The Balaban J connectivity index is 2.06. The Labute approximate surface area is 179 Å². The molecule has 2 aromatic carbocycles. The SMILES string of the molecule is CCCC[C@H](CC)CNC(=O)c1ccc(CN(c2cccc(F)c2)S(C)(=O)=O)cc1. The summed E-state index contributed by atoms with van der Waals surface area (Å²) in [5.74, 6) is -0.165. The van der Waals surface area contributed by atoms with Gasteiger partial charge in [-0.05, 0) is 48.2 Å². The fourth-order valence-corrected chi connectivity index (χ4v) is 4.12. The molecule has 0 aliphatic carbocycles. The average molecular weight is 435 g/mol. The van der Waals surface area contributed by atoms with E-state index in [4.69, 9.17) is 0 Å². The van der Waals surface area contributed by atoms with Gasteiger partial charge in [-0.1, -0.05) is 51.3 Å². The highest BCUT2D eigenvalue weighted by atomic mass is 32.2. The van der Waals surface area contributed by atoms with Gasteiger partial charge >= 0.3 is 0 Å². The van der Waals surface area contributed by atoms with E-state index in [9.17, 15) is 17.6 Å². The van der Waals surface area contributed by atoms with Gasteiger partial charge in [0.15, 0.2) is 0 Å². The van der Waals surface area contributed by atoms with E-state index in [1.165, 1.54) is 18.2 Å². The third-order valence-electron chi connectivity index (χ3n) is 5.13. The van der Waals surface area contributed by atoms with Gasteiger partial charge in [-0.3, -0.25) is 9.10 Å². The van der Waals surface area contributed by atoms with Gasteiger partial charge in [0.05, 0.1) is 18.5 Å². The predicted octanol–water partition coefficient (Wildman–Crippen LogP) is 4.74. The van der Waals surface area contributed by atoms with Gasteiger partial charge in [-0.2, -0.15) is 0 Å². The lowest BCUT2D eigenvalue weighted by Crippen LogP contribution is -2.30. The number of rotatable bonds is 11. The molecular weight excluding hydrogens is 403 g/mol. The maximum Gasteiger partial charge on any atom is 0.251 e. The maximum absolute atomic E-state index is 13.6. The Morgan fingerprint density at radius 3 is 2.40 bits per heavy atom. The minimum Gasteiger partial charge on any atom is -0.352 e. The molecule has 1 amide bonds. The van der Waals surface area contributed by atoms with E-state index < -0.39 is 15.8 Å². The van der Waals surface area contributed by atoms with Gasteiger partial charge < -0.3 is 5.32 Å². The summed E-state index contributed by atoms with van der Waals surface area (Å²) in [6.45, 7) is 5.00. The highest BCUT2D eigenvalue weighted by Gasteiger charge is 2.19. The number of nitrogens with zero attached hydrogens (tertiary/aromatic N) is 1. The first-order chi connectivity index (χ1) is 14.2. The molecule has 5 nitrogen and oxygen atoms in total. The topological polar surface area (TPSA) is 66.5 Å². The maximum atomic E-state index is 13.6. The standard InChI is InChI=1S/C23H31FN2O3S/c1-4-6-8-18(5-2)16-25-23(27)20-13-11-19(12-14-20)17-26(30(3,28)29)22-10-7-9-21(24)15-22/h7,9-15,18H,4-6,8,16-17H2,1-3H3,(H,25,27)/t18-/m0/s1. The molecule has 2 aromatic rings. The molecule has 0 radical (unpaired) electrons. The molecule has 0 saturated carbocycles. The zero-order valence-corrected chi connectivity index (χ0v) is 18.7. The van der Waals surface area contributed by atoms with Gasteiger partial charge in [0.1, 0.15) is 5.82 Å². The number of anilines is 1. The quantitative estimate of drug-likeness (QED) is 0.556. The van der Waals surface area contributed by atoms with Crippen LogP contribution in [0.25, 0.3) is 0 Å². The molecule has 0 heterocycles. The number of unbranched alkanes of at least 4 members (excludes halogenated alkanes) is 1. The number of benzene rings is 2. The molecule has 1 atom stereocenters. The average Bonchev–Trinajstić information content (AvgIpc) is 2.71. The number of halogens is 1. The molecule has 0 bridgehead atoms. The van der Waals surface area contributed by atoms with E-state index in [1.807, 2.05) is 0 Å². The Hall–Kier alpha value is -2.41. The van der Waals surface area contributed by atoms with Crippen LogP contribution in [-0.4, -0.2) is 27.1 Å². The summed E-state index contributed by atoms with van der Waals surface area (Å²) in [4.78, 5) is 12.4. The van der Waals surface area contributed by atoms with Crippen molar-refractivity contribution in [1.82, 2.24) is 5.32 Å². The zero-order valence-electron chi connectivity index (χ0n) is 17.9. The van der Waals surface area contributed by atoms with Crippen molar-refractivity contribution >= 4 is 21.6 Å². The highest BCUT2D eigenvalue weighted by Crippen LogP contribution is 2.21. The summed E-state index contributed by atoms with van der Waals surface area (Å²) in [5.41, 5.74) is 1.49. The summed E-state index contributed by atoms with van der Waals surface area (Å²) < 4.78 is 39.1. The van der Waals surface area contributed by atoms with Gasteiger partial charge in [0, 0.05) is 12.1 Å². The second kappa shape index (κ2) is 11.1. The van der Waals surface area contributed by atoms with Gasteiger partial charge in [-0.25, -0.2) is 12.8 Å². The van der Waals surface area contributed by atoms with Crippen molar-refractivity contribution in [3.05, 3.63) is 65.5 Å². The van der Waals surface area contributed by atoms with Crippen LogP contribution in [-0.2, 0) is 16.6 Å². The van der Waals surface area contributed by atoms with E-state index in [0.717, 1.165) is 36.2 Å². The van der Waals surface area contributed by atoms with Gasteiger partial charge in [-0.15, -0.1) is 0 Å². The van der Waals surface area contributed by atoms with Crippen molar-refractivity contribution < 1.29 is 17.6 Å². The first-order valence-corrected chi connectivity index (χ1v) is 12.2. The minimum atomic E-state index is -3.60. The summed E-state index contributed by atoms with van der Waals surface area (Å²) in [5, 5.41) is 2.99. The van der Waals surface area contributed by atoms with Crippen molar-refractivity contribution in [1.29, 1.82) is 0 Å². The third-order valence-corrected chi connectivity index (χ3v) is 6.27. The number of nitrogens with one attached hydrogen (secondary N) is 1. The summed E-state index contributed by atoms with van der Waals surface area (Å²) in [6, 6.07) is 12.3. The van der Waals surface area contributed by atoms with Crippen LogP contribution in [0.4, 0.5) is 10.1 Å². The minimum absolute atomic E-state index is 0.0547. The van der Waals surface area contributed by atoms with Crippen LogP contribution in [0, 0.1) is 11.7 Å². The van der Waals surface area contributed by atoms with Gasteiger partial charge in [0.25, 0.3) is 5.91 Å². The Morgan fingerprint density at radius 2 is 1.83 bits per heavy atom. The first-order valence-electron chi connectivity index (χ1n) is 10.3. The fraction of sp³-hybridized carbons (Fsp3) is 0.435. The first kappa shape index (κ1) is 23.9. The second-order valence-electron chi connectivity index (χ2n) is 7.57. The number of carbonyl (C=O) groups is 1. The smallest absolute Gasteiger partial charge is 0.251 e. The highest BCUT2D eigenvalue weighted by molar-refractivity contribution is 7.92. The van der Waals surface area contributed by atoms with E-state index in [2.05, 4.69) is 19.2 Å². The molecule has 1 N–H and O–H groups in total. The van der Waals surface area contributed by atoms with E-state index in [1.54, 1.807) is 30.3 Å². The zero-order chi connectivity index (χ0) is 22.1. The number of amides is 1. The molecule has 0 aliphatic heterocycles. The normalized spacial score (nSPS) is 12.4. The Morgan fingerprint density at radius 1 is 1.13 bits per heavy atom. The number of sulfonamides is 1. The largest absolute Gasteiger partial charge is 0.352 e. The van der Waals surface area contributed by atoms with Crippen LogP contribution in [0.2, 0.25) is 0 Å². The fourth-order valence-electron chi connectivity index (χ4n) is 3.24. The molecule has 2 rings (SSSR count). The lowest BCUT2D eigenvalue weighted by molar-refractivity contribution is 0.0946. The third kappa shape index (κ3) is 7.13. The van der Waals surface area contributed by atoms with Crippen LogP contribution in [0.1, 0.15) is 55.5 Å². The van der Waals surface area contributed by atoms with Crippen molar-refractivity contribution in [2.75, 3.05) is 17.1 Å². The Kier molecular flexibility index (Phi) is 8.84. The number of carbonyl (C=O) groups excluding carboxylic acids is 1. The van der Waals surface area contributed by atoms with Crippen LogP contribution >= 0.6 is 0 Å². The molecule has 0 unspecified atom stereocenters. The molecule has 0 aromatic heterocycles. The van der Waals surface area contributed by atoms with Crippen molar-refractivity contribution in [2.24, 2.45) is 5.92 Å². The number of hydrogen-bond acceptors (Lipinski definition) is 3. The number of hydrogen-bond donors (Lipinski definition) is 1. The molecule has 0 aliphatic rings. The predicted molar refractivity (Wildman–Crippen MR) is 120 cm³/mol. The molecule has 30 heavy (non-hydrogen) atoms. The van der Waals surface area contributed by atoms with Crippen molar-refractivity contribution in [2.45, 2.75) is 46.1 Å². The molecule has 7 heteroatoms.